The Balaban J connectivity index is 1.87. The highest BCUT2D eigenvalue weighted by Gasteiger charge is 2.08. The summed E-state index contributed by atoms with van der Waals surface area (Å²) >= 11 is 6.32. The summed E-state index contributed by atoms with van der Waals surface area (Å²) in [6.45, 7) is 2.10. The molecule has 2 aromatic heterocycles. The summed E-state index contributed by atoms with van der Waals surface area (Å²) in [7, 11) is 0. The van der Waals surface area contributed by atoms with Crippen LogP contribution in [0.25, 0.3) is 27.7 Å². The van der Waals surface area contributed by atoms with Crippen molar-refractivity contribution in [2.45, 2.75) is 6.92 Å². The largest absolute Gasteiger partial charge is 0.315 e. The number of pyridine rings is 1. The average Bonchev–Trinajstić information content (AvgIpc) is 2.99. The van der Waals surface area contributed by atoms with Crippen molar-refractivity contribution in [1.82, 2.24) is 9.55 Å². The molecular formula is C20H15ClN2. The summed E-state index contributed by atoms with van der Waals surface area (Å²) in [5.41, 5.74) is 5.66. The minimum atomic E-state index is 0.773. The normalized spacial score (nSPS) is 11.0. The first-order chi connectivity index (χ1) is 11.2. The summed E-state index contributed by atoms with van der Waals surface area (Å²) < 4.78 is 2.17. The maximum absolute atomic E-state index is 6.32. The summed E-state index contributed by atoms with van der Waals surface area (Å²) in [6, 6.07) is 18.5. The van der Waals surface area contributed by atoms with Crippen LogP contribution in [-0.4, -0.2) is 9.55 Å². The zero-order valence-corrected chi connectivity index (χ0v) is 13.5. The van der Waals surface area contributed by atoms with Gasteiger partial charge in [0.05, 0.1) is 17.4 Å². The predicted octanol–water partition coefficient (Wildman–Crippen LogP) is 5.65. The molecule has 0 aliphatic rings. The van der Waals surface area contributed by atoms with Gasteiger partial charge in [-0.1, -0.05) is 35.9 Å². The summed E-state index contributed by atoms with van der Waals surface area (Å²) in [4.78, 5) is 4.25. The number of hydrogen-bond acceptors (Lipinski definition) is 1. The highest BCUT2D eigenvalue weighted by molar-refractivity contribution is 6.33. The minimum absolute atomic E-state index is 0.773. The molecule has 23 heavy (non-hydrogen) atoms. The van der Waals surface area contributed by atoms with E-state index in [0.717, 1.165) is 27.4 Å². The number of rotatable bonds is 2. The third-order valence-corrected chi connectivity index (χ3v) is 4.48. The molecule has 2 heterocycles. The fourth-order valence-corrected chi connectivity index (χ4v) is 3.17. The Labute approximate surface area is 140 Å². The van der Waals surface area contributed by atoms with Crippen molar-refractivity contribution in [3.8, 4) is 16.8 Å². The number of aromatic nitrogens is 2. The van der Waals surface area contributed by atoms with Gasteiger partial charge in [-0.15, -0.1) is 0 Å². The zero-order chi connectivity index (χ0) is 15.8. The maximum Gasteiger partial charge on any atom is 0.0668 e. The average molecular weight is 319 g/mol. The third-order valence-electron chi connectivity index (χ3n) is 4.15. The van der Waals surface area contributed by atoms with Gasteiger partial charge in [0, 0.05) is 28.4 Å². The number of aryl methyl sites for hydroxylation is 1. The smallest absolute Gasteiger partial charge is 0.0668 e. The lowest BCUT2D eigenvalue weighted by Crippen LogP contribution is -1.95. The Morgan fingerprint density at radius 3 is 2.70 bits per heavy atom. The quantitative estimate of drug-likeness (QED) is 0.466. The Bertz CT molecular complexity index is 1000. The number of hydrogen-bond donors (Lipinski definition) is 0. The van der Waals surface area contributed by atoms with Crippen LogP contribution in [0.3, 0.4) is 0 Å². The lowest BCUT2D eigenvalue weighted by atomic mass is 10.0. The molecule has 0 aliphatic carbocycles. The second-order valence-electron chi connectivity index (χ2n) is 5.60. The molecule has 0 radical (unpaired) electrons. The molecule has 4 aromatic rings. The van der Waals surface area contributed by atoms with E-state index in [4.69, 9.17) is 11.6 Å². The molecule has 4 rings (SSSR count). The highest BCUT2D eigenvalue weighted by atomic mass is 35.5. The molecule has 0 N–H and O–H groups in total. The zero-order valence-electron chi connectivity index (χ0n) is 12.7. The molecule has 2 nitrogen and oxygen atoms in total. The first-order valence-electron chi connectivity index (χ1n) is 7.51. The van der Waals surface area contributed by atoms with Crippen molar-refractivity contribution in [3.05, 3.63) is 83.8 Å². The van der Waals surface area contributed by atoms with Crippen molar-refractivity contribution in [3.63, 3.8) is 0 Å². The molecule has 3 heteroatoms. The first-order valence-corrected chi connectivity index (χ1v) is 7.89. The van der Waals surface area contributed by atoms with Crippen LogP contribution in [0, 0.1) is 6.92 Å². The van der Waals surface area contributed by atoms with Crippen molar-refractivity contribution in [2.75, 3.05) is 0 Å². The lowest BCUT2D eigenvalue weighted by Gasteiger charge is -2.09. The van der Waals surface area contributed by atoms with Gasteiger partial charge < -0.3 is 4.57 Å². The summed E-state index contributed by atoms with van der Waals surface area (Å²) in [6.07, 6.45) is 5.81. The first kappa shape index (κ1) is 14.0. The molecule has 0 atom stereocenters. The number of benzene rings is 2. The fourth-order valence-electron chi connectivity index (χ4n) is 2.92. The van der Waals surface area contributed by atoms with Crippen molar-refractivity contribution < 1.29 is 0 Å². The van der Waals surface area contributed by atoms with E-state index in [9.17, 15) is 0 Å². The molecule has 0 saturated heterocycles. The molecule has 0 saturated carbocycles. The van der Waals surface area contributed by atoms with Crippen LogP contribution in [0.4, 0.5) is 0 Å². The third kappa shape index (κ3) is 2.41. The Morgan fingerprint density at radius 2 is 1.87 bits per heavy atom. The van der Waals surface area contributed by atoms with Gasteiger partial charge in [0.15, 0.2) is 0 Å². The van der Waals surface area contributed by atoms with Gasteiger partial charge in [0.1, 0.15) is 0 Å². The van der Waals surface area contributed by atoms with Gasteiger partial charge >= 0.3 is 0 Å². The number of nitrogens with zero attached hydrogens (tertiary/aromatic N) is 2. The highest BCUT2D eigenvalue weighted by Crippen LogP contribution is 2.31. The van der Waals surface area contributed by atoms with Crippen LogP contribution in [0.5, 0.6) is 0 Å². The van der Waals surface area contributed by atoms with Crippen molar-refractivity contribution in [2.24, 2.45) is 0 Å². The van der Waals surface area contributed by atoms with Crippen LogP contribution >= 0.6 is 11.6 Å². The van der Waals surface area contributed by atoms with Crippen LogP contribution in [-0.2, 0) is 0 Å². The second-order valence-corrected chi connectivity index (χ2v) is 6.01. The van der Waals surface area contributed by atoms with Gasteiger partial charge in [-0.05, 0) is 48.4 Å². The van der Waals surface area contributed by atoms with Crippen molar-refractivity contribution in [1.29, 1.82) is 0 Å². The van der Waals surface area contributed by atoms with Gasteiger partial charge in [0.25, 0.3) is 0 Å². The van der Waals surface area contributed by atoms with Crippen LogP contribution < -0.4 is 0 Å². The fraction of sp³-hybridized carbons (Fsp3) is 0.0500. The van der Waals surface area contributed by atoms with Crippen LogP contribution in [0.1, 0.15) is 5.56 Å². The molecule has 0 spiro atoms. The molecule has 112 valence electrons. The van der Waals surface area contributed by atoms with E-state index < -0.39 is 0 Å². The number of halogens is 1. The topological polar surface area (TPSA) is 17.8 Å². The maximum atomic E-state index is 6.32. The Morgan fingerprint density at radius 1 is 1.00 bits per heavy atom. The van der Waals surface area contributed by atoms with E-state index in [1.54, 1.807) is 0 Å². The molecule has 2 aromatic carbocycles. The van der Waals surface area contributed by atoms with Crippen LogP contribution in [0.2, 0.25) is 5.02 Å². The van der Waals surface area contributed by atoms with E-state index in [0.29, 0.717) is 0 Å². The molecule has 0 bridgehead atoms. The minimum Gasteiger partial charge on any atom is -0.315 e. The molecule has 0 unspecified atom stereocenters. The summed E-state index contributed by atoms with van der Waals surface area (Å²) in [5.74, 6) is 0. The standard InChI is InChI=1S/C20H15ClN2/c1-14-8-10-22-13-20(14)23-11-9-16-12-15(6-7-19(16)23)17-4-2-3-5-18(17)21/h2-13H,1H3. The Kier molecular flexibility index (Phi) is 3.40. The van der Waals surface area contributed by atoms with E-state index in [2.05, 4.69) is 46.9 Å². The van der Waals surface area contributed by atoms with Crippen LogP contribution in [0.15, 0.2) is 73.2 Å². The molecule has 0 fully saturated rings. The Hall–Kier alpha value is -2.58. The van der Waals surface area contributed by atoms with E-state index in [1.807, 2.05) is 42.7 Å². The van der Waals surface area contributed by atoms with Gasteiger partial charge in [0.2, 0.25) is 0 Å². The van der Waals surface area contributed by atoms with Crippen molar-refractivity contribution >= 4 is 22.5 Å². The monoisotopic (exact) mass is 318 g/mol. The SMILES string of the molecule is Cc1ccncc1-n1ccc2cc(-c3ccccc3Cl)ccc21. The molecule has 0 amide bonds. The van der Waals surface area contributed by atoms with Gasteiger partial charge in [-0.3, -0.25) is 4.98 Å². The van der Waals surface area contributed by atoms with Gasteiger partial charge in [-0.25, -0.2) is 0 Å². The summed E-state index contributed by atoms with van der Waals surface area (Å²) in [5, 5.41) is 1.96. The van der Waals surface area contributed by atoms with E-state index >= 15 is 0 Å². The lowest BCUT2D eigenvalue weighted by molar-refractivity contribution is 1.07. The second kappa shape index (κ2) is 5.56. The van der Waals surface area contributed by atoms with Gasteiger partial charge in [-0.2, -0.15) is 0 Å². The predicted molar refractivity (Wildman–Crippen MR) is 96.3 cm³/mol. The molecule has 0 aliphatic heterocycles. The molecular weight excluding hydrogens is 304 g/mol. The number of fused-ring (bicyclic) bond motifs is 1. The van der Waals surface area contributed by atoms with E-state index in [1.165, 1.54) is 10.9 Å². The van der Waals surface area contributed by atoms with E-state index in [-0.39, 0.29) is 0 Å².